The summed E-state index contributed by atoms with van der Waals surface area (Å²) in [5.41, 5.74) is 0.268. The van der Waals surface area contributed by atoms with E-state index in [1.165, 1.54) is 7.11 Å². The quantitative estimate of drug-likeness (QED) is 0.197. The number of benzene rings is 2. The molecule has 44 heavy (non-hydrogen) atoms. The van der Waals surface area contributed by atoms with Gasteiger partial charge in [-0.3, -0.25) is 4.79 Å². The van der Waals surface area contributed by atoms with Crippen molar-refractivity contribution in [1.29, 1.82) is 0 Å². The zero-order chi connectivity index (χ0) is 33.3. The average Bonchev–Trinajstić information content (AvgIpc) is 3.03. The van der Waals surface area contributed by atoms with Crippen molar-refractivity contribution in [2.24, 2.45) is 0 Å². The Morgan fingerprint density at radius 3 is 2.18 bits per heavy atom. The minimum atomic E-state index is -4.74. The number of hydrogen-bond acceptors (Lipinski definition) is 7. The minimum Gasteiger partial charge on any atom is -0.495 e. The number of nitrogens with one attached hydrogen (secondary N) is 2. The van der Waals surface area contributed by atoms with Crippen LogP contribution in [0.25, 0.3) is 0 Å². The van der Waals surface area contributed by atoms with Crippen LogP contribution in [0.5, 0.6) is 17.4 Å². The smallest absolute Gasteiger partial charge is 0.423 e. The second-order valence-electron chi connectivity index (χ2n) is 9.28. The highest BCUT2D eigenvalue weighted by Crippen LogP contribution is 2.40. The van der Waals surface area contributed by atoms with E-state index in [0.29, 0.717) is 35.4 Å². The number of para-hydroxylation sites is 2. The molecule has 0 unspecified atom stereocenters. The zero-order valence-electron chi connectivity index (χ0n) is 27.4. The molecule has 0 saturated heterocycles. The molecule has 0 radical (unpaired) electrons. The normalized spacial score (nSPS) is 10.6. The van der Waals surface area contributed by atoms with Crippen molar-refractivity contribution in [2.75, 3.05) is 30.9 Å². The highest BCUT2D eigenvalue weighted by atomic mass is 19.4. The number of halogens is 3. The molecule has 1 amide bonds. The third-order valence-electron chi connectivity index (χ3n) is 6.34. The molecule has 0 fully saturated rings. The Bertz CT molecular complexity index is 1280. The zero-order valence-corrected chi connectivity index (χ0v) is 27.4. The van der Waals surface area contributed by atoms with Gasteiger partial charge in [0.15, 0.2) is 5.75 Å². The molecule has 3 rings (SSSR count). The largest absolute Gasteiger partial charge is 0.495 e. The predicted octanol–water partition coefficient (Wildman–Crippen LogP) is 9.25. The lowest BCUT2D eigenvalue weighted by molar-refractivity contribution is -0.139. The highest BCUT2D eigenvalue weighted by Gasteiger charge is 2.37. The number of alkyl halides is 3. The van der Waals surface area contributed by atoms with Gasteiger partial charge < -0.3 is 25.0 Å². The summed E-state index contributed by atoms with van der Waals surface area (Å²) in [4.78, 5) is 22.6. The van der Waals surface area contributed by atoms with Gasteiger partial charge in [0, 0.05) is 31.4 Å². The molecular formula is C33H48F3N5O3. The van der Waals surface area contributed by atoms with Gasteiger partial charge in [0.25, 0.3) is 5.91 Å². The van der Waals surface area contributed by atoms with Crippen molar-refractivity contribution in [3.63, 3.8) is 0 Å². The van der Waals surface area contributed by atoms with Gasteiger partial charge in [-0.2, -0.15) is 18.2 Å². The molecule has 2 N–H and O–H groups in total. The highest BCUT2D eigenvalue weighted by molar-refractivity contribution is 5.95. The molecule has 0 saturated carbocycles. The lowest BCUT2D eigenvalue weighted by Crippen LogP contribution is -2.34. The standard InChI is InChI=1S/C29H36F3N5O3.2C2H6/c1-6-11-20(12-7-2)34-26(38)19-15-16-22(25(17-19)39-5)35-28-33-18-21(29(30,31)32)27(36-28)40-24-14-10-9-13-23(24)37(4)8-3;2*1-2/h9-10,13-18,20H,6-8,11-12H2,1-5H3,(H,34,38)(H,33,35,36);2*1-2H3. The third kappa shape index (κ3) is 10.9. The van der Waals surface area contributed by atoms with E-state index in [4.69, 9.17) is 9.47 Å². The summed E-state index contributed by atoms with van der Waals surface area (Å²) in [5.74, 6) is -0.481. The number of rotatable bonds is 13. The Morgan fingerprint density at radius 1 is 0.977 bits per heavy atom. The van der Waals surface area contributed by atoms with E-state index in [2.05, 4.69) is 34.4 Å². The Labute approximate surface area is 260 Å². The third-order valence-corrected chi connectivity index (χ3v) is 6.34. The van der Waals surface area contributed by atoms with Crippen LogP contribution < -0.4 is 25.0 Å². The summed E-state index contributed by atoms with van der Waals surface area (Å²) in [6.07, 6.45) is -0.392. The summed E-state index contributed by atoms with van der Waals surface area (Å²) in [6.45, 7) is 14.7. The van der Waals surface area contributed by atoms with Gasteiger partial charge in [0.05, 0.1) is 18.5 Å². The van der Waals surface area contributed by atoms with Gasteiger partial charge in [-0.25, -0.2) is 4.98 Å². The number of carbonyl (C=O) groups is 1. The van der Waals surface area contributed by atoms with Crippen LogP contribution in [0.1, 0.15) is 90.1 Å². The van der Waals surface area contributed by atoms with Crippen molar-refractivity contribution in [3.8, 4) is 17.4 Å². The van der Waals surface area contributed by atoms with Gasteiger partial charge in [-0.1, -0.05) is 66.5 Å². The number of aromatic nitrogens is 2. The number of nitrogens with zero attached hydrogens (tertiary/aromatic N) is 3. The molecule has 244 valence electrons. The van der Waals surface area contributed by atoms with Crippen molar-refractivity contribution in [2.45, 2.75) is 86.4 Å². The number of anilines is 3. The van der Waals surface area contributed by atoms with Crippen molar-refractivity contribution < 1.29 is 27.4 Å². The fourth-order valence-corrected chi connectivity index (χ4v) is 4.14. The van der Waals surface area contributed by atoms with Gasteiger partial charge in [0.2, 0.25) is 11.8 Å². The molecule has 2 aromatic carbocycles. The second-order valence-corrected chi connectivity index (χ2v) is 9.28. The van der Waals surface area contributed by atoms with Gasteiger partial charge >= 0.3 is 6.18 Å². The SMILES string of the molecule is CC.CC.CCCC(CCC)NC(=O)c1ccc(Nc2ncc(C(F)(F)F)c(Oc3ccccc3N(C)CC)n2)c(OC)c1. The van der Waals surface area contributed by atoms with Gasteiger partial charge in [-0.15, -0.1) is 0 Å². The van der Waals surface area contributed by atoms with E-state index >= 15 is 0 Å². The van der Waals surface area contributed by atoms with Crippen LogP contribution in [-0.4, -0.2) is 42.6 Å². The van der Waals surface area contributed by atoms with Gasteiger partial charge in [-0.05, 0) is 50.1 Å². The molecule has 0 bridgehead atoms. The number of carbonyl (C=O) groups excluding carboxylic acids is 1. The van der Waals surface area contributed by atoms with Crippen LogP contribution in [0.4, 0.5) is 30.5 Å². The molecule has 8 nitrogen and oxygen atoms in total. The fraction of sp³-hybridized carbons (Fsp3) is 0.485. The summed E-state index contributed by atoms with van der Waals surface area (Å²) in [7, 11) is 3.24. The summed E-state index contributed by atoms with van der Waals surface area (Å²) < 4.78 is 52.6. The maximum Gasteiger partial charge on any atom is 0.423 e. The molecule has 0 aliphatic carbocycles. The van der Waals surface area contributed by atoms with Crippen LogP contribution in [0.2, 0.25) is 0 Å². The lowest BCUT2D eigenvalue weighted by atomic mass is 10.1. The molecule has 11 heteroatoms. The predicted molar refractivity (Wildman–Crippen MR) is 173 cm³/mol. The Kier molecular flexibility index (Phi) is 16.7. The molecule has 1 heterocycles. The number of hydrogen-bond donors (Lipinski definition) is 2. The first-order valence-corrected chi connectivity index (χ1v) is 15.3. The topological polar surface area (TPSA) is 88.6 Å². The second kappa shape index (κ2) is 19.3. The summed E-state index contributed by atoms with van der Waals surface area (Å²) >= 11 is 0. The Balaban J connectivity index is 0.00000232. The molecule has 0 spiro atoms. The monoisotopic (exact) mass is 619 g/mol. The molecule has 3 aromatic rings. The van der Waals surface area contributed by atoms with E-state index in [9.17, 15) is 18.0 Å². The Morgan fingerprint density at radius 2 is 1.61 bits per heavy atom. The lowest BCUT2D eigenvalue weighted by Gasteiger charge is -2.21. The Hall–Kier alpha value is -4.02. The molecule has 1 aromatic heterocycles. The molecule has 0 aliphatic heterocycles. The summed E-state index contributed by atoms with van der Waals surface area (Å²) in [6, 6.07) is 11.6. The fourth-order valence-electron chi connectivity index (χ4n) is 4.14. The van der Waals surface area contributed by atoms with E-state index in [1.54, 1.807) is 42.5 Å². The first-order chi connectivity index (χ1) is 21.1. The van der Waals surface area contributed by atoms with E-state index < -0.39 is 17.6 Å². The summed E-state index contributed by atoms with van der Waals surface area (Å²) in [5, 5.41) is 5.94. The maximum absolute atomic E-state index is 13.8. The number of methoxy groups -OCH3 is 1. The minimum absolute atomic E-state index is 0.0764. The first kappa shape index (κ1) is 38.0. The van der Waals surface area contributed by atoms with Crippen LogP contribution in [0.15, 0.2) is 48.7 Å². The maximum atomic E-state index is 13.8. The first-order valence-electron chi connectivity index (χ1n) is 15.3. The van der Waals surface area contributed by atoms with Crippen LogP contribution in [-0.2, 0) is 6.18 Å². The van der Waals surface area contributed by atoms with Gasteiger partial charge in [0.1, 0.15) is 11.3 Å². The average molecular weight is 620 g/mol. The van der Waals surface area contributed by atoms with E-state index in [-0.39, 0.29) is 23.6 Å². The van der Waals surface area contributed by atoms with Crippen LogP contribution >= 0.6 is 0 Å². The molecule has 0 aliphatic rings. The molecular weight excluding hydrogens is 571 g/mol. The van der Waals surface area contributed by atoms with Crippen LogP contribution in [0.3, 0.4) is 0 Å². The van der Waals surface area contributed by atoms with E-state index in [0.717, 1.165) is 25.7 Å². The van der Waals surface area contributed by atoms with Crippen LogP contribution in [0, 0.1) is 0 Å². The number of amides is 1. The van der Waals surface area contributed by atoms with Crippen molar-refractivity contribution >= 4 is 23.2 Å². The van der Waals surface area contributed by atoms with Crippen molar-refractivity contribution in [3.05, 3.63) is 59.8 Å². The van der Waals surface area contributed by atoms with Crippen molar-refractivity contribution in [1.82, 2.24) is 15.3 Å². The van der Waals surface area contributed by atoms with E-state index in [1.807, 2.05) is 46.6 Å². The number of ether oxygens (including phenoxy) is 2. The molecule has 0 atom stereocenters.